The molecule has 21 heavy (non-hydrogen) atoms. The van der Waals surface area contributed by atoms with Gasteiger partial charge < -0.3 is 15.8 Å². The maximum Gasteiger partial charge on any atom is 0.224 e. The lowest BCUT2D eigenvalue weighted by molar-refractivity contribution is -0.116. The summed E-state index contributed by atoms with van der Waals surface area (Å²) in [6.07, 6.45) is 0.0162. The van der Waals surface area contributed by atoms with Gasteiger partial charge in [0.15, 0.2) is 0 Å². The van der Waals surface area contributed by atoms with E-state index in [0.29, 0.717) is 17.3 Å². The fourth-order valence-corrected chi connectivity index (χ4v) is 2.04. The van der Waals surface area contributed by atoms with Crippen LogP contribution in [0.2, 0.25) is 0 Å². The van der Waals surface area contributed by atoms with E-state index in [1.807, 2.05) is 54.6 Å². The number of para-hydroxylation sites is 2. The predicted octanol–water partition coefficient (Wildman–Crippen LogP) is 2.88. The molecule has 0 saturated heterocycles. The Balaban J connectivity index is 2.03. The highest BCUT2D eigenvalue weighted by atomic mass is 32.1. The Hall–Kier alpha value is -2.40. The summed E-state index contributed by atoms with van der Waals surface area (Å²) in [5.41, 5.74) is 6.92. The maximum absolute atomic E-state index is 10.9. The van der Waals surface area contributed by atoms with Crippen LogP contribution in [0.5, 0.6) is 5.75 Å². The first-order valence-electron chi connectivity index (χ1n) is 6.49. The summed E-state index contributed by atoms with van der Waals surface area (Å²) in [5, 5.41) is 2.98. The molecule has 0 aromatic heterocycles. The Labute approximate surface area is 128 Å². The molecule has 0 bridgehead atoms. The molecule has 2 rings (SSSR count). The molecule has 0 aliphatic heterocycles. The van der Waals surface area contributed by atoms with Crippen molar-refractivity contribution < 1.29 is 9.53 Å². The number of anilines is 1. The highest BCUT2D eigenvalue weighted by Gasteiger charge is 2.07. The van der Waals surface area contributed by atoms with Gasteiger partial charge >= 0.3 is 0 Å². The van der Waals surface area contributed by atoms with Crippen LogP contribution in [0, 0.1) is 0 Å². The fraction of sp³-hybridized carbons (Fsp3) is 0.125. The highest BCUT2D eigenvalue weighted by Crippen LogP contribution is 2.25. The summed E-state index contributed by atoms with van der Waals surface area (Å²) in [4.78, 5) is 11.2. The lowest BCUT2D eigenvalue weighted by Crippen LogP contribution is -2.20. The predicted molar refractivity (Wildman–Crippen MR) is 87.2 cm³/mol. The number of rotatable bonds is 6. The number of amides is 1. The van der Waals surface area contributed by atoms with Crippen LogP contribution in [0.4, 0.5) is 5.69 Å². The number of primary amides is 1. The Bertz CT molecular complexity index is 629. The van der Waals surface area contributed by atoms with Crippen LogP contribution in [-0.2, 0) is 11.4 Å². The molecule has 0 aliphatic rings. The minimum atomic E-state index is -0.463. The number of thiocarbonyl (C=S) groups is 1. The monoisotopic (exact) mass is 300 g/mol. The van der Waals surface area contributed by atoms with Gasteiger partial charge in [0.1, 0.15) is 12.4 Å². The van der Waals surface area contributed by atoms with Crippen molar-refractivity contribution in [1.29, 1.82) is 0 Å². The standard InChI is InChI=1S/C16H16N2O2S/c17-15(19)10-16(21)18-13-8-4-5-9-14(13)20-11-12-6-2-1-3-7-12/h1-9H,10-11H2,(H2,17,19)(H,18,21). The van der Waals surface area contributed by atoms with Crippen molar-refractivity contribution in [3.63, 3.8) is 0 Å². The third-order valence-electron chi connectivity index (χ3n) is 2.73. The third kappa shape index (κ3) is 4.89. The molecule has 0 radical (unpaired) electrons. The van der Waals surface area contributed by atoms with Crippen LogP contribution in [0.25, 0.3) is 0 Å². The third-order valence-corrected chi connectivity index (χ3v) is 2.98. The van der Waals surface area contributed by atoms with E-state index >= 15 is 0 Å². The van der Waals surface area contributed by atoms with Crippen molar-refractivity contribution >= 4 is 28.8 Å². The van der Waals surface area contributed by atoms with E-state index in [-0.39, 0.29) is 6.42 Å². The zero-order chi connectivity index (χ0) is 15.1. The number of benzene rings is 2. The van der Waals surface area contributed by atoms with E-state index in [9.17, 15) is 4.79 Å². The van der Waals surface area contributed by atoms with Crippen LogP contribution in [0.3, 0.4) is 0 Å². The Morgan fingerprint density at radius 2 is 1.76 bits per heavy atom. The molecule has 0 heterocycles. The second-order valence-corrected chi connectivity index (χ2v) is 4.95. The minimum absolute atomic E-state index is 0.0162. The average Bonchev–Trinajstić information content (AvgIpc) is 2.46. The fourth-order valence-electron chi connectivity index (χ4n) is 1.78. The van der Waals surface area contributed by atoms with Gasteiger partial charge in [-0.05, 0) is 17.7 Å². The molecule has 0 saturated carbocycles. The van der Waals surface area contributed by atoms with Gasteiger partial charge in [-0.2, -0.15) is 0 Å². The number of carbonyl (C=O) groups excluding carboxylic acids is 1. The number of hydrogen-bond acceptors (Lipinski definition) is 3. The Morgan fingerprint density at radius 1 is 1.10 bits per heavy atom. The van der Waals surface area contributed by atoms with Crippen LogP contribution < -0.4 is 15.8 Å². The molecule has 0 atom stereocenters. The summed E-state index contributed by atoms with van der Waals surface area (Å²) in [7, 11) is 0. The normalized spacial score (nSPS) is 9.90. The Kier molecular flexibility index (Phi) is 5.29. The van der Waals surface area contributed by atoms with Gasteiger partial charge in [-0.3, -0.25) is 4.79 Å². The van der Waals surface area contributed by atoms with Crippen LogP contribution in [0.15, 0.2) is 54.6 Å². The lowest BCUT2D eigenvalue weighted by Gasteiger charge is -2.13. The number of hydrogen-bond donors (Lipinski definition) is 2. The highest BCUT2D eigenvalue weighted by molar-refractivity contribution is 7.80. The number of nitrogens with two attached hydrogens (primary N) is 1. The SMILES string of the molecule is NC(=O)CC(=S)Nc1ccccc1OCc1ccccc1. The first kappa shape index (κ1) is 15.0. The molecule has 0 unspecified atom stereocenters. The van der Waals surface area contributed by atoms with E-state index < -0.39 is 5.91 Å². The Morgan fingerprint density at radius 3 is 2.48 bits per heavy atom. The molecule has 3 N–H and O–H groups in total. The van der Waals surface area contributed by atoms with E-state index in [1.165, 1.54) is 0 Å². The molecular weight excluding hydrogens is 284 g/mol. The summed E-state index contributed by atoms with van der Waals surface area (Å²) >= 11 is 5.08. The summed E-state index contributed by atoms with van der Waals surface area (Å²) < 4.78 is 5.79. The molecule has 4 nitrogen and oxygen atoms in total. The number of carbonyl (C=O) groups is 1. The van der Waals surface area contributed by atoms with Crippen molar-refractivity contribution in [1.82, 2.24) is 0 Å². The summed E-state index contributed by atoms with van der Waals surface area (Å²) in [6, 6.07) is 17.3. The summed E-state index contributed by atoms with van der Waals surface area (Å²) in [6.45, 7) is 0.460. The van der Waals surface area contributed by atoms with Gasteiger partial charge in [0, 0.05) is 0 Å². The smallest absolute Gasteiger partial charge is 0.224 e. The van der Waals surface area contributed by atoms with E-state index in [4.69, 9.17) is 22.7 Å². The number of nitrogens with one attached hydrogen (secondary N) is 1. The molecule has 108 valence electrons. The largest absolute Gasteiger partial charge is 0.487 e. The van der Waals surface area contributed by atoms with Crippen LogP contribution in [0.1, 0.15) is 12.0 Å². The molecule has 0 fully saturated rings. The van der Waals surface area contributed by atoms with Crippen LogP contribution in [-0.4, -0.2) is 10.9 Å². The van der Waals surface area contributed by atoms with Crippen LogP contribution >= 0.6 is 12.2 Å². The van der Waals surface area contributed by atoms with Crippen molar-refractivity contribution in [3.05, 3.63) is 60.2 Å². The van der Waals surface area contributed by atoms with E-state index in [2.05, 4.69) is 5.32 Å². The topological polar surface area (TPSA) is 64.4 Å². The van der Waals surface area contributed by atoms with E-state index in [0.717, 1.165) is 11.3 Å². The van der Waals surface area contributed by atoms with Gasteiger partial charge in [-0.15, -0.1) is 0 Å². The van der Waals surface area contributed by atoms with E-state index in [1.54, 1.807) is 0 Å². The van der Waals surface area contributed by atoms with Gasteiger partial charge in [0.25, 0.3) is 0 Å². The maximum atomic E-state index is 10.9. The van der Waals surface area contributed by atoms with Crippen molar-refractivity contribution in [2.45, 2.75) is 13.0 Å². The quantitative estimate of drug-likeness (QED) is 0.805. The molecule has 2 aromatic rings. The van der Waals surface area contributed by atoms with Crippen molar-refractivity contribution in [2.75, 3.05) is 5.32 Å². The van der Waals surface area contributed by atoms with Gasteiger partial charge in [0.2, 0.25) is 5.91 Å². The first-order valence-corrected chi connectivity index (χ1v) is 6.90. The second-order valence-electron chi connectivity index (χ2n) is 4.46. The lowest BCUT2D eigenvalue weighted by atomic mass is 10.2. The summed E-state index contributed by atoms with van der Waals surface area (Å²) in [5.74, 6) is 0.211. The van der Waals surface area contributed by atoms with Gasteiger partial charge in [-0.1, -0.05) is 54.7 Å². The minimum Gasteiger partial charge on any atom is -0.487 e. The molecule has 5 heteroatoms. The van der Waals surface area contributed by atoms with Crippen molar-refractivity contribution in [3.8, 4) is 5.75 Å². The molecule has 0 spiro atoms. The molecule has 1 amide bonds. The molecule has 2 aromatic carbocycles. The molecule has 0 aliphatic carbocycles. The molecular formula is C16H16N2O2S. The zero-order valence-corrected chi connectivity index (χ0v) is 12.2. The van der Waals surface area contributed by atoms with Crippen molar-refractivity contribution in [2.24, 2.45) is 5.73 Å². The number of ether oxygens (including phenoxy) is 1. The first-order chi connectivity index (χ1) is 10.1. The van der Waals surface area contributed by atoms with Gasteiger partial charge in [0.05, 0.1) is 17.1 Å². The second kappa shape index (κ2) is 7.40. The van der Waals surface area contributed by atoms with Gasteiger partial charge in [-0.25, -0.2) is 0 Å². The zero-order valence-electron chi connectivity index (χ0n) is 11.4. The average molecular weight is 300 g/mol.